The van der Waals surface area contributed by atoms with Crippen molar-refractivity contribution in [1.82, 2.24) is 10.3 Å². The van der Waals surface area contributed by atoms with Crippen LogP contribution in [0.25, 0.3) is 0 Å². The number of nitrogens with zero attached hydrogens (tertiary/aromatic N) is 2. The molecular formula is C10H8ClN3O2. The lowest BCUT2D eigenvalue weighted by molar-refractivity contribution is -0.118. The van der Waals surface area contributed by atoms with Crippen molar-refractivity contribution in [3.05, 3.63) is 34.9 Å². The monoisotopic (exact) mass is 237 g/mol. The van der Waals surface area contributed by atoms with Crippen LogP contribution in [0.5, 0.6) is 0 Å². The van der Waals surface area contributed by atoms with Crippen LogP contribution >= 0.6 is 11.6 Å². The maximum atomic E-state index is 11.1. The number of carbonyl (C=O) groups excluding carboxylic acids is 2. The van der Waals surface area contributed by atoms with Gasteiger partial charge >= 0.3 is 6.03 Å². The summed E-state index contributed by atoms with van der Waals surface area (Å²) in [5.41, 5.74) is 0.764. The second-order valence-electron chi connectivity index (χ2n) is 3.21. The third-order valence-electron chi connectivity index (χ3n) is 1.97. The smallest absolute Gasteiger partial charge is 0.275 e. The Labute approximate surface area is 96.7 Å². The predicted octanol–water partition coefficient (Wildman–Crippen LogP) is 1.23. The van der Waals surface area contributed by atoms with Crippen molar-refractivity contribution in [2.45, 2.75) is 0 Å². The minimum Gasteiger partial charge on any atom is -0.275 e. The van der Waals surface area contributed by atoms with Crippen LogP contribution in [0.15, 0.2) is 29.4 Å². The van der Waals surface area contributed by atoms with Gasteiger partial charge in [-0.25, -0.2) is 9.80 Å². The number of rotatable bonds is 2. The molecule has 16 heavy (non-hydrogen) atoms. The number of amides is 3. The fraction of sp³-hybridized carbons (Fsp3) is 0.100. The molecule has 1 aromatic carbocycles. The van der Waals surface area contributed by atoms with Gasteiger partial charge in [0.15, 0.2) is 0 Å². The number of urea groups is 1. The van der Waals surface area contributed by atoms with E-state index >= 15 is 0 Å². The van der Waals surface area contributed by atoms with Crippen molar-refractivity contribution in [3.63, 3.8) is 0 Å². The van der Waals surface area contributed by atoms with Crippen molar-refractivity contribution < 1.29 is 9.59 Å². The summed E-state index contributed by atoms with van der Waals surface area (Å²) in [6.45, 7) is -0.0457. The molecule has 0 saturated carbocycles. The predicted molar refractivity (Wildman–Crippen MR) is 59.3 cm³/mol. The minimum absolute atomic E-state index is 0.0457. The molecule has 1 aliphatic rings. The highest BCUT2D eigenvalue weighted by Crippen LogP contribution is 2.09. The van der Waals surface area contributed by atoms with Crippen LogP contribution in [0.3, 0.4) is 0 Å². The fourth-order valence-electron chi connectivity index (χ4n) is 1.25. The number of hydrogen-bond acceptors (Lipinski definition) is 3. The summed E-state index contributed by atoms with van der Waals surface area (Å²) in [5.74, 6) is -0.353. The van der Waals surface area contributed by atoms with E-state index in [9.17, 15) is 9.59 Å². The van der Waals surface area contributed by atoms with Gasteiger partial charge in [0.1, 0.15) is 6.54 Å². The molecule has 1 heterocycles. The van der Waals surface area contributed by atoms with E-state index in [0.717, 1.165) is 10.6 Å². The van der Waals surface area contributed by atoms with Gasteiger partial charge in [-0.2, -0.15) is 5.10 Å². The summed E-state index contributed by atoms with van der Waals surface area (Å²) in [6, 6.07) is 6.51. The molecule has 1 N–H and O–H groups in total. The van der Waals surface area contributed by atoms with Gasteiger partial charge in [-0.15, -0.1) is 0 Å². The second kappa shape index (κ2) is 4.32. The van der Waals surface area contributed by atoms with E-state index in [-0.39, 0.29) is 12.5 Å². The van der Waals surface area contributed by atoms with Gasteiger partial charge in [0.25, 0.3) is 0 Å². The maximum absolute atomic E-state index is 11.1. The standard InChI is InChI=1S/C10H8ClN3O2/c11-8-3-1-2-7(4-8)5-12-14-6-9(15)13-10(14)16/h1-5H,6H2,(H,13,15,16)/b12-5+. The van der Waals surface area contributed by atoms with Crippen LogP contribution in [-0.4, -0.2) is 29.7 Å². The average Bonchev–Trinajstić information content (AvgIpc) is 2.54. The number of benzene rings is 1. The molecule has 1 saturated heterocycles. The molecule has 5 nitrogen and oxygen atoms in total. The third kappa shape index (κ3) is 2.38. The van der Waals surface area contributed by atoms with Crippen LogP contribution in [-0.2, 0) is 4.79 Å². The summed E-state index contributed by atoms with van der Waals surface area (Å²) in [6.07, 6.45) is 1.48. The SMILES string of the molecule is O=C1CN(/N=C/c2cccc(Cl)c2)C(=O)N1. The summed E-state index contributed by atoms with van der Waals surface area (Å²) in [5, 5.41) is 7.65. The molecule has 0 atom stereocenters. The zero-order valence-corrected chi connectivity index (χ0v) is 8.94. The number of nitrogens with one attached hydrogen (secondary N) is 1. The zero-order valence-electron chi connectivity index (χ0n) is 8.18. The first-order chi connectivity index (χ1) is 7.65. The Kier molecular flexibility index (Phi) is 2.87. The van der Waals surface area contributed by atoms with Crippen LogP contribution in [0.1, 0.15) is 5.56 Å². The van der Waals surface area contributed by atoms with Crippen molar-refractivity contribution in [3.8, 4) is 0 Å². The van der Waals surface area contributed by atoms with E-state index in [4.69, 9.17) is 11.6 Å². The van der Waals surface area contributed by atoms with E-state index in [1.165, 1.54) is 6.21 Å². The molecule has 0 radical (unpaired) electrons. The van der Waals surface area contributed by atoms with E-state index in [2.05, 4.69) is 10.4 Å². The summed E-state index contributed by atoms with van der Waals surface area (Å²) in [4.78, 5) is 22.0. The Hall–Kier alpha value is -1.88. The molecular weight excluding hydrogens is 230 g/mol. The molecule has 0 aromatic heterocycles. The first-order valence-electron chi connectivity index (χ1n) is 4.56. The van der Waals surface area contributed by atoms with Crippen molar-refractivity contribution in [2.24, 2.45) is 5.10 Å². The molecule has 6 heteroatoms. The molecule has 1 aromatic rings. The second-order valence-corrected chi connectivity index (χ2v) is 3.65. The summed E-state index contributed by atoms with van der Waals surface area (Å²) >= 11 is 5.78. The van der Waals surface area contributed by atoms with Crippen LogP contribution in [0.4, 0.5) is 4.79 Å². The molecule has 0 spiro atoms. The Bertz CT molecular complexity index is 473. The molecule has 0 unspecified atom stereocenters. The normalized spacial score (nSPS) is 15.9. The van der Waals surface area contributed by atoms with Crippen LogP contribution < -0.4 is 5.32 Å². The Morgan fingerprint density at radius 3 is 2.88 bits per heavy atom. The largest absolute Gasteiger partial charge is 0.344 e. The Morgan fingerprint density at radius 2 is 2.25 bits per heavy atom. The van der Waals surface area contributed by atoms with Gasteiger partial charge in [-0.3, -0.25) is 10.1 Å². The van der Waals surface area contributed by atoms with Crippen LogP contribution in [0.2, 0.25) is 5.02 Å². The highest BCUT2D eigenvalue weighted by Gasteiger charge is 2.25. The Balaban J connectivity index is 2.10. The maximum Gasteiger partial charge on any atom is 0.344 e. The van der Waals surface area contributed by atoms with E-state index in [1.807, 2.05) is 0 Å². The first-order valence-corrected chi connectivity index (χ1v) is 4.94. The quantitative estimate of drug-likeness (QED) is 0.621. The number of imide groups is 1. The van der Waals surface area contributed by atoms with E-state index in [1.54, 1.807) is 24.3 Å². The van der Waals surface area contributed by atoms with Gasteiger partial charge in [0, 0.05) is 5.02 Å². The van der Waals surface area contributed by atoms with Gasteiger partial charge in [-0.05, 0) is 17.7 Å². The van der Waals surface area contributed by atoms with Crippen molar-refractivity contribution in [2.75, 3.05) is 6.54 Å². The van der Waals surface area contributed by atoms with E-state index in [0.29, 0.717) is 5.02 Å². The van der Waals surface area contributed by atoms with E-state index < -0.39 is 6.03 Å². The lowest BCUT2D eigenvalue weighted by Gasteiger charge is -2.03. The molecule has 1 aliphatic heterocycles. The third-order valence-corrected chi connectivity index (χ3v) is 2.20. The number of hydrogen-bond donors (Lipinski definition) is 1. The number of halogens is 1. The highest BCUT2D eigenvalue weighted by atomic mass is 35.5. The molecule has 3 amide bonds. The van der Waals surface area contributed by atoms with Gasteiger partial charge < -0.3 is 0 Å². The number of carbonyl (C=O) groups is 2. The minimum atomic E-state index is -0.511. The molecule has 1 fully saturated rings. The van der Waals surface area contributed by atoms with Gasteiger partial charge in [0.2, 0.25) is 5.91 Å². The van der Waals surface area contributed by atoms with Crippen molar-refractivity contribution in [1.29, 1.82) is 0 Å². The molecule has 0 bridgehead atoms. The van der Waals surface area contributed by atoms with Gasteiger partial charge in [-0.1, -0.05) is 23.7 Å². The topological polar surface area (TPSA) is 61.8 Å². The molecule has 82 valence electrons. The Morgan fingerprint density at radius 1 is 1.44 bits per heavy atom. The average molecular weight is 238 g/mol. The van der Waals surface area contributed by atoms with Crippen molar-refractivity contribution >= 4 is 29.8 Å². The molecule has 0 aliphatic carbocycles. The van der Waals surface area contributed by atoms with Gasteiger partial charge in [0.05, 0.1) is 6.21 Å². The number of hydrazone groups is 1. The highest BCUT2D eigenvalue weighted by molar-refractivity contribution is 6.30. The lowest BCUT2D eigenvalue weighted by Crippen LogP contribution is -2.24. The summed E-state index contributed by atoms with van der Waals surface area (Å²) in [7, 11) is 0. The first kappa shape index (κ1) is 10.6. The summed E-state index contributed by atoms with van der Waals surface area (Å²) < 4.78 is 0. The zero-order chi connectivity index (χ0) is 11.5. The fourth-order valence-corrected chi connectivity index (χ4v) is 1.45. The molecule has 2 rings (SSSR count). The lowest BCUT2D eigenvalue weighted by atomic mass is 10.2. The van der Waals surface area contributed by atoms with Crippen LogP contribution in [0, 0.1) is 0 Å².